The number of hydrogen-bond acceptors (Lipinski definition) is 6. The second-order valence-corrected chi connectivity index (χ2v) is 9.44. The van der Waals surface area contributed by atoms with Crippen molar-refractivity contribution in [3.63, 3.8) is 0 Å². The Morgan fingerprint density at radius 2 is 1.69 bits per heavy atom. The van der Waals surface area contributed by atoms with Gasteiger partial charge in [0.2, 0.25) is 0 Å². The summed E-state index contributed by atoms with van der Waals surface area (Å²) in [5, 5.41) is 16.1. The first-order valence-electron chi connectivity index (χ1n) is 11.6. The quantitative estimate of drug-likeness (QED) is 0.362. The molecule has 0 saturated heterocycles. The lowest BCUT2D eigenvalue weighted by atomic mass is 9.87. The van der Waals surface area contributed by atoms with Crippen LogP contribution in [-0.2, 0) is 10.2 Å². The van der Waals surface area contributed by atoms with Crippen LogP contribution < -0.4 is 10.1 Å². The van der Waals surface area contributed by atoms with Gasteiger partial charge in [0.1, 0.15) is 5.75 Å². The number of fused-ring (bicyclic) bond motifs is 1. The van der Waals surface area contributed by atoms with E-state index in [0.29, 0.717) is 22.9 Å². The number of hydrogen-bond donors (Lipinski definition) is 1. The molecule has 180 valence electrons. The van der Waals surface area contributed by atoms with E-state index in [1.165, 1.54) is 5.56 Å². The number of rotatable bonds is 6. The molecule has 3 aromatic heterocycles. The van der Waals surface area contributed by atoms with Crippen molar-refractivity contribution in [1.29, 1.82) is 0 Å². The zero-order valence-corrected chi connectivity index (χ0v) is 20.3. The number of benzene rings is 2. The molecule has 3 heterocycles. The van der Waals surface area contributed by atoms with Gasteiger partial charge in [-0.15, -0.1) is 10.2 Å². The summed E-state index contributed by atoms with van der Waals surface area (Å²) < 4.78 is 7.37. The van der Waals surface area contributed by atoms with E-state index in [9.17, 15) is 4.79 Å². The van der Waals surface area contributed by atoms with Gasteiger partial charge in [-0.2, -0.15) is 9.61 Å². The zero-order chi connectivity index (χ0) is 25.1. The fourth-order valence-electron chi connectivity index (χ4n) is 3.78. The van der Waals surface area contributed by atoms with Crippen LogP contribution in [-0.4, -0.2) is 37.3 Å². The van der Waals surface area contributed by atoms with Crippen LogP contribution in [0, 0.1) is 0 Å². The Morgan fingerprint density at radius 3 is 2.44 bits per heavy atom. The van der Waals surface area contributed by atoms with E-state index in [0.717, 1.165) is 16.8 Å². The average Bonchev–Trinajstić information content (AvgIpc) is 3.31. The number of carbonyl (C=O) groups excluding carboxylic acids is 1. The van der Waals surface area contributed by atoms with Crippen molar-refractivity contribution >= 4 is 17.2 Å². The van der Waals surface area contributed by atoms with E-state index in [2.05, 4.69) is 41.3 Å². The van der Waals surface area contributed by atoms with Crippen molar-refractivity contribution < 1.29 is 9.53 Å². The summed E-state index contributed by atoms with van der Waals surface area (Å²) in [4.78, 5) is 16.6. The Kier molecular flexibility index (Phi) is 6.16. The van der Waals surface area contributed by atoms with E-state index >= 15 is 0 Å². The first kappa shape index (κ1) is 23.2. The summed E-state index contributed by atoms with van der Waals surface area (Å²) in [5.41, 5.74) is 5.02. The number of pyridine rings is 1. The van der Waals surface area contributed by atoms with Crippen LogP contribution in [0.1, 0.15) is 26.3 Å². The first-order valence-corrected chi connectivity index (χ1v) is 11.6. The minimum Gasteiger partial charge on any atom is -0.484 e. The predicted octanol–water partition coefficient (Wildman–Crippen LogP) is 5.17. The average molecular weight is 479 g/mol. The minimum atomic E-state index is -0.241. The summed E-state index contributed by atoms with van der Waals surface area (Å²) in [5.74, 6) is 1.05. The summed E-state index contributed by atoms with van der Waals surface area (Å²) in [6.07, 6.45) is 3.41. The van der Waals surface area contributed by atoms with Gasteiger partial charge in [0.05, 0.1) is 5.69 Å². The molecule has 1 N–H and O–H groups in total. The zero-order valence-electron chi connectivity index (χ0n) is 20.3. The lowest BCUT2D eigenvalue weighted by molar-refractivity contribution is -0.118. The Hall–Kier alpha value is -4.59. The van der Waals surface area contributed by atoms with Gasteiger partial charge in [-0.1, -0.05) is 45.0 Å². The van der Waals surface area contributed by atoms with Crippen LogP contribution in [0.3, 0.4) is 0 Å². The van der Waals surface area contributed by atoms with Crippen LogP contribution in [0.15, 0.2) is 85.2 Å². The summed E-state index contributed by atoms with van der Waals surface area (Å²) in [6.45, 7) is 6.39. The van der Waals surface area contributed by atoms with Gasteiger partial charge >= 0.3 is 0 Å². The molecule has 0 aliphatic rings. The van der Waals surface area contributed by atoms with Gasteiger partial charge in [0.25, 0.3) is 5.91 Å². The fourth-order valence-corrected chi connectivity index (χ4v) is 3.78. The normalized spacial score (nSPS) is 11.4. The molecule has 0 fully saturated rings. The van der Waals surface area contributed by atoms with E-state index in [1.807, 2.05) is 72.8 Å². The lowest BCUT2D eigenvalue weighted by Gasteiger charge is -2.19. The van der Waals surface area contributed by atoms with Crippen LogP contribution in [0.5, 0.6) is 5.75 Å². The molecule has 2 aromatic carbocycles. The fraction of sp³-hybridized carbons (Fsp3) is 0.179. The van der Waals surface area contributed by atoms with Crippen LogP contribution in [0.2, 0.25) is 0 Å². The molecule has 36 heavy (non-hydrogen) atoms. The van der Waals surface area contributed by atoms with Gasteiger partial charge in [-0.25, -0.2) is 0 Å². The van der Waals surface area contributed by atoms with Crippen LogP contribution >= 0.6 is 0 Å². The molecular formula is C28H26N6O2. The predicted molar refractivity (Wildman–Crippen MR) is 139 cm³/mol. The number of nitrogens with one attached hydrogen (secondary N) is 1. The lowest BCUT2D eigenvalue weighted by Crippen LogP contribution is -2.20. The molecule has 0 radical (unpaired) electrons. The standard InChI is InChI=1S/C28H26N6O2/c1-28(2,3)21-7-9-23(10-8-21)36-18-26(35)30-22-6-4-5-20(17-22)24-11-12-25-31-32-27(34(25)33-24)19-13-15-29-16-14-19/h4-17H,18H2,1-3H3,(H,30,35). The highest BCUT2D eigenvalue weighted by Gasteiger charge is 2.14. The maximum atomic E-state index is 12.5. The number of carbonyl (C=O) groups is 1. The van der Waals surface area contributed by atoms with Gasteiger partial charge < -0.3 is 10.1 Å². The molecule has 0 unspecified atom stereocenters. The van der Waals surface area contributed by atoms with Crippen molar-refractivity contribution in [2.45, 2.75) is 26.2 Å². The maximum absolute atomic E-state index is 12.5. The molecule has 0 spiro atoms. The highest BCUT2D eigenvalue weighted by molar-refractivity contribution is 5.92. The van der Waals surface area contributed by atoms with Crippen molar-refractivity contribution in [1.82, 2.24) is 24.8 Å². The van der Waals surface area contributed by atoms with Crippen molar-refractivity contribution in [2.75, 3.05) is 11.9 Å². The van der Waals surface area contributed by atoms with E-state index in [4.69, 9.17) is 9.84 Å². The Balaban J connectivity index is 1.29. The second kappa shape index (κ2) is 9.58. The number of anilines is 1. The van der Waals surface area contributed by atoms with Gasteiger partial charge in [-0.3, -0.25) is 9.78 Å². The summed E-state index contributed by atoms with van der Waals surface area (Å²) in [6, 6.07) is 22.8. The van der Waals surface area contributed by atoms with Crippen molar-refractivity contribution in [2.24, 2.45) is 0 Å². The third-order valence-corrected chi connectivity index (χ3v) is 5.73. The third kappa shape index (κ3) is 5.07. The molecule has 0 atom stereocenters. The monoisotopic (exact) mass is 478 g/mol. The van der Waals surface area contributed by atoms with E-state index < -0.39 is 0 Å². The second-order valence-electron chi connectivity index (χ2n) is 9.44. The molecule has 1 amide bonds. The molecule has 0 bridgehead atoms. The molecular weight excluding hydrogens is 452 g/mol. The van der Waals surface area contributed by atoms with Gasteiger partial charge in [0, 0.05) is 29.2 Å². The molecule has 0 aliphatic heterocycles. The molecule has 0 saturated carbocycles. The number of amides is 1. The summed E-state index contributed by atoms with van der Waals surface area (Å²) >= 11 is 0. The smallest absolute Gasteiger partial charge is 0.262 e. The van der Waals surface area contributed by atoms with Crippen molar-refractivity contribution in [3.05, 3.63) is 90.8 Å². The number of aromatic nitrogens is 5. The molecule has 5 aromatic rings. The SMILES string of the molecule is CC(C)(C)c1ccc(OCC(=O)Nc2cccc(-c3ccc4nnc(-c5ccncc5)n4n3)c2)cc1. The Bertz CT molecular complexity index is 1510. The topological polar surface area (TPSA) is 94.3 Å². The first-order chi connectivity index (χ1) is 17.4. The van der Waals surface area contributed by atoms with E-state index in [1.54, 1.807) is 16.9 Å². The minimum absolute atomic E-state index is 0.0648. The summed E-state index contributed by atoms with van der Waals surface area (Å²) in [7, 11) is 0. The Morgan fingerprint density at radius 1 is 0.917 bits per heavy atom. The van der Waals surface area contributed by atoms with Crippen LogP contribution in [0.25, 0.3) is 28.3 Å². The van der Waals surface area contributed by atoms with E-state index in [-0.39, 0.29) is 17.9 Å². The molecule has 8 heteroatoms. The molecule has 5 rings (SSSR count). The Labute approximate surface area is 209 Å². The highest BCUT2D eigenvalue weighted by Crippen LogP contribution is 2.25. The maximum Gasteiger partial charge on any atom is 0.262 e. The van der Waals surface area contributed by atoms with Crippen molar-refractivity contribution in [3.8, 4) is 28.4 Å². The van der Waals surface area contributed by atoms with Gasteiger partial charge in [-0.05, 0) is 59.5 Å². The largest absolute Gasteiger partial charge is 0.484 e. The third-order valence-electron chi connectivity index (χ3n) is 5.73. The van der Waals surface area contributed by atoms with Gasteiger partial charge in [0.15, 0.2) is 18.1 Å². The number of nitrogens with zero attached hydrogens (tertiary/aromatic N) is 5. The molecule has 8 nitrogen and oxygen atoms in total. The highest BCUT2D eigenvalue weighted by atomic mass is 16.5. The molecule has 0 aliphatic carbocycles. The van der Waals surface area contributed by atoms with Crippen LogP contribution in [0.4, 0.5) is 5.69 Å². The number of ether oxygens (including phenoxy) is 1.